The molecule has 0 atom stereocenters. The largest absolute Gasteiger partial charge is 0.508 e. The van der Waals surface area contributed by atoms with E-state index in [1.54, 1.807) is 49.5 Å². The second kappa shape index (κ2) is 6.19. The molecule has 0 radical (unpaired) electrons. The van der Waals surface area contributed by atoms with Gasteiger partial charge in [-0.1, -0.05) is 6.07 Å². The highest BCUT2D eigenvalue weighted by Crippen LogP contribution is 2.20. The SMILES string of the molecule is Cc1c(O)cccc1C(=O)N(C)CCc1ccncc1. The molecule has 0 aliphatic rings. The van der Waals surface area contributed by atoms with Gasteiger partial charge < -0.3 is 10.0 Å². The molecule has 0 spiro atoms. The lowest BCUT2D eigenvalue weighted by molar-refractivity contribution is 0.0795. The maximum Gasteiger partial charge on any atom is 0.254 e. The Labute approximate surface area is 118 Å². The number of carbonyl (C=O) groups excluding carboxylic acids is 1. The first kappa shape index (κ1) is 14.1. The van der Waals surface area contributed by atoms with Gasteiger partial charge >= 0.3 is 0 Å². The minimum atomic E-state index is -0.0764. The van der Waals surface area contributed by atoms with Gasteiger partial charge in [-0.15, -0.1) is 0 Å². The van der Waals surface area contributed by atoms with Crippen LogP contribution in [0, 0.1) is 6.92 Å². The molecule has 1 amide bonds. The Morgan fingerprint density at radius 3 is 2.65 bits per heavy atom. The number of hydrogen-bond donors (Lipinski definition) is 1. The van der Waals surface area contributed by atoms with Crippen LogP contribution < -0.4 is 0 Å². The number of aromatic nitrogens is 1. The molecule has 0 aliphatic carbocycles. The Balaban J connectivity index is 2.04. The summed E-state index contributed by atoms with van der Waals surface area (Å²) in [5, 5.41) is 9.66. The predicted molar refractivity (Wildman–Crippen MR) is 77.7 cm³/mol. The molecule has 0 bridgehead atoms. The summed E-state index contributed by atoms with van der Waals surface area (Å²) < 4.78 is 0. The third-order valence-corrected chi connectivity index (χ3v) is 3.37. The topological polar surface area (TPSA) is 53.4 Å². The molecule has 0 unspecified atom stereocenters. The quantitative estimate of drug-likeness (QED) is 0.928. The van der Waals surface area contributed by atoms with Gasteiger partial charge in [0.1, 0.15) is 5.75 Å². The second-order valence-electron chi connectivity index (χ2n) is 4.78. The Morgan fingerprint density at radius 1 is 1.25 bits per heavy atom. The summed E-state index contributed by atoms with van der Waals surface area (Å²) in [6.07, 6.45) is 4.27. The highest BCUT2D eigenvalue weighted by Gasteiger charge is 2.15. The van der Waals surface area contributed by atoms with Crippen molar-refractivity contribution in [2.24, 2.45) is 0 Å². The molecular formula is C16H18N2O2. The number of amides is 1. The van der Waals surface area contributed by atoms with Crippen molar-refractivity contribution in [1.29, 1.82) is 0 Å². The smallest absolute Gasteiger partial charge is 0.254 e. The molecule has 0 fully saturated rings. The average molecular weight is 270 g/mol. The fourth-order valence-corrected chi connectivity index (χ4v) is 2.01. The number of benzene rings is 1. The van der Waals surface area contributed by atoms with Crippen LogP contribution in [0.5, 0.6) is 5.75 Å². The average Bonchev–Trinajstić information content (AvgIpc) is 2.48. The first-order valence-electron chi connectivity index (χ1n) is 6.52. The van der Waals surface area contributed by atoms with Gasteiger partial charge in [-0.25, -0.2) is 0 Å². The van der Waals surface area contributed by atoms with Crippen LogP contribution in [-0.4, -0.2) is 34.5 Å². The van der Waals surface area contributed by atoms with Gasteiger partial charge in [-0.3, -0.25) is 9.78 Å². The van der Waals surface area contributed by atoms with Gasteiger partial charge in [0.2, 0.25) is 0 Å². The highest BCUT2D eigenvalue weighted by atomic mass is 16.3. The van der Waals surface area contributed by atoms with Crippen molar-refractivity contribution in [3.63, 3.8) is 0 Å². The Kier molecular flexibility index (Phi) is 4.35. The van der Waals surface area contributed by atoms with Gasteiger partial charge in [-0.05, 0) is 43.2 Å². The standard InChI is InChI=1S/C16H18N2O2/c1-12-14(4-3-5-15(12)19)16(20)18(2)11-8-13-6-9-17-10-7-13/h3-7,9-10,19H,8,11H2,1-2H3. The van der Waals surface area contributed by atoms with Crippen LogP contribution in [0.15, 0.2) is 42.7 Å². The Hall–Kier alpha value is -2.36. The van der Waals surface area contributed by atoms with Crippen molar-refractivity contribution in [1.82, 2.24) is 9.88 Å². The van der Waals surface area contributed by atoms with E-state index in [1.165, 1.54) is 0 Å². The number of phenols is 1. The van der Waals surface area contributed by atoms with E-state index in [0.717, 1.165) is 12.0 Å². The van der Waals surface area contributed by atoms with Crippen LogP contribution in [0.2, 0.25) is 0 Å². The van der Waals surface area contributed by atoms with E-state index < -0.39 is 0 Å². The molecule has 4 nitrogen and oxygen atoms in total. The number of hydrogen-bond acceptors (Lipinski definition) is 3. The molecule has 1 aromatic heterocycles. The third kappa shape index (κ3) is 3.15. The van der Waals surface area contributed by atoms with Gasteiger partial charge in [0.25, 0.3) is 5.91 Å². The summed E-state index contributed by atoms with van der Waals surface area (Å²) in [4.78, 5) is 18.0. The van der Waals surface area contributed by atoms with Crippen LogP contribution >= 0.6 is 0 Å². The van der Waals surface area contributed by atoms with Crippen molar-refractivity contribution in [3.8, 4) is 5.75 Å². The molecule has 1 heterocycles. The van der Waals surface area contributed by atoms with Crippen molar-refractivity contribution in [2.45, 2.75) is 13.3 Å². The molecule has 4 heteroatoms. The van der Waals surface area contributed by atoms with Crippen LogP contribution in [0.4, 0.5) is 0 Å². The molecule has 20 heavy (non-hydrogen) atoms. The van der Waals surface area contributed by atoms with Crippen molar-refractivity contribution in [3.05, 3.63) is 59.4 Å². The van der Waals surface area contributed by atoms with E-state index in [1.807, 2.05) is 12.1 Å². The predicted octanol–water partition coefficient (Wildman–Crippen LogP) is 2.41. The molecule has 0 saturated carbocycles. The summed E-state index contributed by atoms with van der Waals surface area (Å²) in [7, 11) is 1.77. The summed E-state index contributed by atoms with van der Waals surface area (Å²) in [6, 6.07) is 8.89. The normalized spacial score (nSPS) is 10.3. The molecular weight excluding hydrogens is 252 g/mol. The lowest BCUT2D eigenvalue weighted by Crippen LogP contribution is -2.29. The maximum atomic E-state index is 12.3. The summed E-state index contributed by atoms with van der Waals surface area (Å²) in [6.45, 7) is 2.37. The fraction of sp³-hybridized carbons (Fsp3) is 0.250. The van der Waals surface area contributed by atoms with Crippen molar-refractivity contribution < 1.29 is 9.90 Å². The van der Waals surface area contributed by atoms with Crippen LogP contribution in [-0.2, 0) is 6.42 Å². The monoisotopic (exact) mass is 270 g/mol. The number of rotatable bonds is 4. The second-order valence-corrected chi connectivity index (χ2v) is 4.78. The zero-order valence-electron chi connectivity index (χ0n) is 11.7. The van der Waals surface area contributed by atoms with E-state index in [9.17, 15) is 9.90 Å². The van der Waals surface area contributed by atoms with Crippen LogP contribution in [0.3, 0.4) is 0 Å². The summed E-state index contributed by atoms with van der Waals surface area (Å²) >= 11 is 0. The van der Waals surface area contributed by atoms with E-state index in [4.69, 9.17) is 0 Å². The number of aromatic hydroxyl groups is 1. The number of carbonyl (C=O) groups is 1. The zero-order chi connectivity index (χ0) is 14.5. The van der Waals surface area contributed by atoms with Gasteiger partial charge in [0.05, 0.1) is 0 Å². The number of nitrogens with zero attached hydrogens (tertiary/aromatic N) is 2. The maximum absolute atomic E-state index is 12.3. The van der Waals surface area contributed by atoms with Gasteiger partial charge in [0, 0.05) is 37.1 Å². The molecule has 1 aromatic carbocycles. The Morgan fingerprint density at radius 2 is 1.95 bits per heavy atom. The molecule has 2 aromatic rings. The molecule has 104 valence electrons. The molecule has 0 aliphatic heterocycles. The summed E-state index contributed by atoms with van der Waals surface area (Å²) in [5.74, 6) is 0.0749. The van der Waals surface area contributed by atoms with Crippen molar-refractivity contribution in [2.75, 3.05) is 13.6 Å². The first-order valence-corrected chi connectivity index (χ1v) is 6.52. The van der Waals surface area contributed by atoms with E-state index in [-0.39, 0.29) is 11.7 Å². The van der Waals surface area contributed by atoms with Crippen LogP contribution in [0.25, 0.3) is 0 Å². The van der Waals surface area contributed by atoms with E-state index in [2.05, 4.69) is 4.98 Å². The molecule has 2 rings (SSSR count). The third-order valence-electron chi connectivity index (χ3n) is 3.37. The fourth-order valence-electron chi connectivity index (χ4n) is 2.01. The summed E-state index contributed by atoms with van der Waals surface area (Å²) in [5.41, 5.74) is 2.31. The molecule has 0 saturated heterocycles. The minimum absolute atomic E-state index is 0.0764. The van der Waals surface area contributed by atoms with Crippen molar-refractivity contribution >= 4 is 5.91 Å². The van der Waals surface area contributed by atoms with E-state index in [0.29, 0.717) is 17.7 Å². The number of pyridine rings is 1. The van der Waals surface area contributed by atoms with E-state index >= 15 is 0 Å². The van der Waals surface area contributed by atoms with Crippen LogP contribution in [0.1, 0.15) is 21.5 Å². The zero-order valence-corrected chi connectivity index (χ0v) is 11.7. The lowest BCUT2D eigenvalue weighted by Gasteiger charge is -2.18. The molecule has 1 N–H and O–H groups in total. The Bertz CT molecular complexity index is 597. The van der Waals surface area contributed by atoms with Gasteiger partial charge in [-0.2, -0.15) is 0 Å². The first-order chi connectivity index (χ1) is 9.59. The number of phenolic OH excluding ortho intramolecular Hbond substituents is 1. The lowest BCUT2D eigenvalue weighted by atomic mass is 10.1. The number of likely N-dealkylation sites (N-methyl/N-ethyl adjacent to an activating group) is 1. The minimum Gasteiger partial charge on any atom is -0.508 e. The van der Waals surface area contributed by atoms with Gasteiger partial charge in [0.15, 0.2) is 0 Å². The highest BCUT2D eigenvalue weighted by molar-refractivity contribution is 5.96.